The lowest BCUT2D eigenvalue weighted by Gasteiger charge is -2.15. The van der Waals surface area contributed by atoms with Gasteiger partial charge in [-0.05, 0) is 36.2 Å². The summed E-state index contributed by atoms with van der Waals surface area (Å²) in [7, 11) is 0.160. The van der Waals surface area contributed by atoms with E-state index in [-0.39, 0.29) is 10.5 Å². The van der Waals surface area contributed by atoms with Crippen LogP contribution in [0, 0.1) is 0 Å². The van der Waals surface area contributed by atoms with Crippen molar-refractivity contribution in [1.29, 1.82) is 0 Å². The molecule has 0 aromatic heterocycles. The lowest BCUT2D eigenvalue weighted by atomic mass is 10.1. The maximum absolute atomic E-state index is 5.41. The fourth-order valence-corrected chi connectivity index (χ4v) is 8.13. The fraction of sp³-hybridized carbons (Fsp3) is 1.00. The molecule has 0 aromatic carbocycles. The molecule has 164 valence electrons. The molecular weight excluding hydrogens is 383 g/mol. The van der Waals surface area contributed by atoms with Crippen molar-refractivity contribution >= 4 is 28.9 Å². The Labute approximate surface area is 182 Å². The molecule has 0 saturated heterocycles. The number of rotatable bonds is 23. The molecule has 0 aliphatic carbocycles. The van der Waals surface area contributed by atoms with E-state index < -0.39 is 0 Å². The van der Waals surface area contributed by atoms with Gasteiger partial charge in [0.25, 0.3) is 0 Å². The van der Waals surface area contributed by atoms with E-state index in [2.05, 4.69) is 13.8 Å². The Bertz CT molecular complexity index is 260. The summed E-state index contributed by atoms with van der Waals surface area (Å²) >= 11 is 5.41. The van der Waals surface area contributed by atoms with E-state index in [1.54, 1.807) is 0 Å². The number of hydrogen-bond donors (Lipinski definition) is 1. The molecule has 0 spiro atoms. The number of hydrogen-bond acceptors (Lipinski definition) is 1. The molecule has 0 fully saturated rings. The standard InChI is InChI=1S/C24H51PS2/c1-3-5-7-9-11-13-15-17-19-21-23-27(25-26)24-22-20-18-16-14-12-10-8-6-4-2/h27H,3-24H2,1-2H3. The predicted octanol–water partition coefficient (Wildman–Crippen LogP) is 10.2. The Hall–Kier alpha value is 0.870. The summed E-state index contributed by atoms with van der Waals surface area (Å²) in [6.45, 7) is 5.90. The zero-order valence-electron chi connectivity index (χ0n) is 18.9. The Morgan fingerprint density at radius 1 is 0.444 bits per heavy atom. The first-order chi connectivity index (χ1) is 13.3. The molecule has 0 aliphatic rings. The fourth-order valence-electron chi connectivity index (χ4n) is 3.76. The highest BCUT2D eigenvalue weighted by molar-refractivity contribution is 8.67. The third-order valence-electron chi connectivity index (χ3n) is 5.66. The van der Waals surface area contributed by atoms with Crippen LogP contribution in [0.2, 0.25) is 0 Å². The van der Waals surface area contributed by atoms with E-state index in [0.29, 0.717) is 0 Å². The monoisotopic (exact) mass is 434 g/mol. The van der Waals surface area contributed by atoms with E-state index in [9.17, 15) is 0 Å². The van der Waals surface area contributed by atoms with Gasteiger partial charge in [-0.1, -0.05) is 129 Å². The van der Waals surface area contributed by atoms with Gasteiger partial charge in [0.15, 0.2) is 0 Å². The Kier molecular flexibility index (Phi) is 25.7. The molecule has 0 nitrogen and oxygen atoms in total. The van der Waals surface area contributed by atoms with Crippen molar-refractivity contribution in [2.45, 2.75) is 142 Å². The molecule has 3 heteroatoms. The van der Waals surface area contributed by atoms with Crippen LogP contribution in [-0.4, -0.2) is 11.5 Å². The number of thiol groups is 1. The minimum Gasteiger partial charge on any atom is -0.200 e. The maximum Gasteiger partial charge on any atom is 0.0208 e. The molecule has 0 radical (unpaired) electrons. The van der Waals surface area contributed by atoms with Crippen LogP contribution in [0.15, 0.2) is 0 Å². The molecule has 0 N–H and O–H groups in total. The van der Waals surface area contributed by atoms with Crippen molar-refractivity contribution in [3.8, 4) is 0 Å². The van der Waals surface area contributed by atoms with E-state index in [1.807, 2.05) is 0 Å². The van der Waals surface area contributed by atoms with E-state index in [1.165, 1.54) is 146 Å². The molecule has 0 rings (SSSR count). The summed E-state index contributed by atoms with van der Waals surface area (Å²) in [6.07, 6.45) is 29.0. The molecule has 0 aromatic rings. The predicted molar refractivity (Wildman–Crippen MR) is 137 cm³/mol. The van der Waals surface area contributed by atoms with Gasteiger partial charge in [-0.15, -0.1) is 0 Å². The van der Waals surface area contributed by atoms with Crippen LogP contribution in [0.4, 0.5) is 0 Å². The summed E-state index contributed by atoms with van der Waals surface area (Å²) in [4.78, 5) is 0. The minimum atomic E-state index is 0.160. The Balaban J connectivity index is 3.29. The average molecular weight is 435 g/mol. The summed E-state index contributed by atoms with van der Waals surface area (Å²) in [5.74, 6) is 2.91. The van der Waals surface area contributed by atoms with Crippen molar-refractivity contribution in [1.82, 2.24) is 0 Å². The number of unbranched alkanes of at least 4 members (excludes halogenated alkanes) is 18. The first-order valence-electron chi connectivity index (χ1n) is 12.4. The summed E-state index contributed by atoms with van der Waals surface area (Å²) < 4.78 is 0. The minimum absolute atomic E-state index is 0.160. The van der Waals surface area contributed by atoms with Crippen LogP contribution in [0.25, 0.3) is 0 Å². The maximum atomic E-state index is 5.41. The first kappa shape index (κ1) is 27.9. The van der Waals surface area contributed by atoms with Gasteiger partial charge < -0.3 is 0 Å². The van der Waals surface area contributed by atoms with E-state index in [4.69, 9.17) is 11.8 Å². The van der Waals surface area contributed by atoms with Gasteiger partial charge in [0.1, 0.15) is 0 Å². The van der Waals surface area contributed by atoms with Gasteiger partial charge in [0.2, 0.25) is 0 Å². The second kappa shape index (κ2) is 24.9. The highest BCUT2D eigenvalue weighted by atomic mass is 32.9. The molecule has 27 heavy (non-hydrogen) atoms. The van der Waals surface area contributed by atoms with E-state index in [0.717, 1.165) is 0 Å². The molecule has 0 saturated carbocycles. The highest BCUT2D eigenvalue weighted by Crippen LogP contribution is 2.41. The van der Waals surface area contributed by atoms with Gasteiger partial charge in [-0.3, -0.25) is 0 Å². The van der Waals surface area contributed by atoms with Crippen LogP contribution in [-0.2, 0) is 11.8 Å². The van der Waals surface area contributed by atoms with Crippen LogP contribution in [0.1, 0.15) is 142 Å². The van der Waals surface area contributed by atoms with Gasteiger partial charge in [-0.25, -0.2) is 0 Å². The lowest BCUT2D eigenvalue weighted by molar-refractivity contribution is 0.562. The van der Waals surface area contributed by atoms with Crippen molar-refractivity contribution in [2.24, 2.45) is 0 Å². The van der Waals surface area contributed by atoms with Crippen LogP contribution < -0.4 is 0 Å². The second-order valence-corrected chi connectivity index (χ2v) is 14.1. The highest BCUT2D eigenvalue weighted by Gasteiger charge is 2.02. The summed E-state index contributed by atoms with van der Waals surface area (Å²) in [5, 5.41) is 0. The van der Waals surface area contributed by atoms with Crippen LogP contribution >= 0.6 is 17.1 Å². The van der Waals surface area contributed by atoms with E-state index >= 15 is 0 Å². The van der Waals surface area contributed by atoms with Crippen molar-refractivity contribution in [3.63, 3.8) is 0 Å². The Morgan fingerprint density at radius 3 is 0.963 bits per heavy atom. The molecule has 0 aliphatic heterocycles. The third-order valence-corrected chi connectivity index (χ3v) is 11.5. The molecule has 0 amide bonds. The van der Waals surface area contributed by atoms with Crippen LogP contribution in [0.5, 0.6) is 0 Å². The molecule has 0 atom stereocenters. The largest absolute Gasteiger partial charge is 0.200 e. The average Bonchev–Trinajstić information content (AvgIpc) is 2.69. The van der Waals surface area contributed by atoms with Gasteiger partial charge in [-0.2, -0.15) is 10.5 Å². The Morgan fingerprint density at radius 2 is 0.704 bits per heavy atom. The molecule has 0 bridgehead atoms. The van der Waals surface area contributed by atoms with Crippen LogP contribution in [0.3, 0.4) is 0 Å². The third kappa shape index (κ3) is 23.0. The van der Waals surface area contributed by atoms with Crippen molar-refractivity contribution < 1.29 is 0 Å². The zero-order chi connectivity index (χ0) is 19.8. The molecule has 0 unspecified atom stereocenters. The molecule has 0 heterocycles. The summed E-state index contributed by atoms with van der Waals surface area (Å²) in [6, 6.07) is 0. The topological polar surface area (TPSA) is 0 Å². The smallest absolute Gasteiger partial charge is 0.0208 e. The molecular formula is C24H51PS2. The normalized spacial score (nSPS) is 12.0. The van der Waals surface area contributed by atoms with Gasteiger partial charge >= 0.3 is 0 Å². The van der Waals surface area contributed by atoms with Gasteiger partial charge in [0, 0.05) is 6.56 Å². The van der Waals surface area contributed by atoms with Crippen molar-refractivity contribution in [3.05, 3.63) is 0 Å². The van der Waals surface area contributed by atoms with Crippen molar-refractivity contribution in [2.75, 3.05) is 11.5 Å². The second-order valence-electron chi connectivity index (χ2n) is 8.40. The zero-order valence-corrected chi connectivity index (χ0v) is 21.5. The quantitative estimate of drug-likeness (QED) is 0.0947. The first-order valence-corrected chi connectivity index (χ1v) is 16.8. The van der Waals surface area contributed by atoms with Gasteiger partial charge in [0.05, 0.1) is 0 Å². The lowest BCUT2D eigenvalue weighted by Crippen LogP contribution is -1.91. The summed E-state index contributed by atoms with van der Waals surface area (Å²) in [5.41, 5.74) is 0. The SMILES string of the molecule is CCCCCCCCCCCC[SH](CCCCCCCCCCCC)P=S.